The second kappa shape index (κ2) is 15.8. The van der Waals surface area contributed by atoms with Crippen molar-refractivity contribution >= 4 is 33.3 Å². The number of fused-ring (bicyclic) bond motifs is 1. The Balaban J connectivity index is 1.87. The molecule has 3 rings (SSSR count). The minimum atomic E-state index is -4.50. The lowest BCUT2D eigenvalue weighted by Crippen LogP contribution is -2.48. The average molecular weight is 673 g/mol. The van der Waals surface area contributed by atoms with Crippen molar-refractivity contribution in [1.29, 1.82) is 0 Å². The Morgan fingerprint density at radius 3 is 2.39 bits per heavy atom. The van der Waals surface area contributed by atoms with Gasteiger partial charge in [-0.3, -0.25) is 9.52 Å². The van der Waals surface area contributed by atoms with E-state index in [1.165, 1.54) is 41.1 Å². The van der Waals surface area contributed by atoms with Gasteiger partial charge < -0.3 is 29.7 Å². The van der Waals surface area contributed by atoms with Gasteiger partial charge in [0.05, 0.1) is 42.2 Å². The summed E-state index contributed by atoms with van der Waals surface area (Å²) >= 11 is 0. The van der Waals surface area contributed by atoms with Crippen LogP contribution in [0.15, 0.2) is 42.5 Å². The molecule has 0 spiro atoms. The summed E-state index contributed by atoms with van der Waals surface area (Å²) in [4.78, 5) is 29.9. The zero-order valence-electron chi connectivity index (χ0n) is 26.6. The maximum atomic E-state index is 14.1. The molecule has 3 amide bonds. The van der Waals surface area contributed by atoms with Gasteiger partial charge in [0.2, 0.25) is 10.0 Å². The fourth-order valence-corrected chi connectivity index (χ4v) is 5.53. The highest BCUT2D eigenvalue weighted by atomic mass is 32.2. The third-order valence-corrected chi connectivity index (χ3v) is 8.23. The number of nitrogens with zero attached hydrogens (tertiary/aromatic N) is 2. The van der Waals surface area contributed by atoms with Crippen LogP contribution in [0.5, 0.6) is 5.75 Å². The monoisotopic (exact) mass is 672 g/mol. The number of urea groups is 1. The molecule has 0 aliphatic carbocycles. The van der Waals surface area contributed by atoms with Crippen LogP contribution in [0.3, 0.4) is 0 Å². The first-order valence-corrected chi connectivity index (χ1v) is 16.9. The minimum Gasteiger partial charge on any atom is -0.490 e. The standard InChI is InChI=1S/C31H43F3N4O7S/c1-20-17-38(21(2)19-39)29(40)26-16-25(36-46(5,42)43)13-14-27(26)45-22(3)8-6-7-15-44-28(20)18-37(4)30(41)35-24-11-9-23(10-12-24)31(32,33)34/h9-14,16,20-22,28,36,39H,6-8,15,17-19H2,1-5H3,(H,35,41)/t20-,21+,22+,28-/m0/s1. The lowest BCUT2D eigenvalue weighted by molar-refractivity contribution is -0.137. The summed E-state index contributed by atoms with van der Waals surface area (Å²) in [6.07, 6.45) is -2.24. The predicted molar refractivity (Wildman–Crippen MR) is 168 cm³/mol. The van der Waals surface area contributed by atoms with E-state index >= 15 is 0 Å². The Morgan fingerprint density at radius 1 is 1.13 bits per heavy atom. The maximum Gasteiger partial charge on any atom is 0.416 e. The van der Waals surface area contributed by atoms with E-state index in [9.17, 15) is 36.3 Å². The molecule has 2 aromatic rings. The van der Waals surface area contributed by atoms with Crippen molar-refractivity contribution in [3.05, 3.63) is 53.6 Å². The van der Waals surface area contributed by atoms with Crippen LogP contribution >= 0.6 is 0 Å². The number of alkyl halides is 3. The number of rotatable bonds is 7. The number of nitrogens with one attached hydrogen (secondary N) is 2. The van der Waals surface area contributed by atoms with Gasteiger partial charge in [-0.2, -0.15) is 13.2 Å². The molecular weight excluding hydrogens is 629 g/mol. The first-order valence-electron chi connectivity index (χ1n) is 15.0. The summed E-state index contributed by atoms with van der Waals surface area (Å²) in [5, 5.41) is 12.7. The molecule has 2 aromatic carbocycles. The number of amides is 3. The molecule has 0 unspecified atom stereocenters. The van der Waals surface area contributed by atoms with E-state index in [0.717, 1.165) is 24.8 Å². The van der Waals surface area contributed by atoms with Gasteiger partial charge in [-0.05, 0) is 75.6 Å². The summed E-state index contributed by atoms with van der Waals surface area (Å²) in [6, 6.07) is 7.40. The predicted octanol–water partition coefficient (Wildman–Crippen LogP) is 5.04. The van der Waals surface area contributed by atoms with E-state index in [1.807, 2.05) is 13.8 Å². The second-order valence-corrected chi connectivity index (χ2v) is 13.5. The van der Waals surface area contributed by atoms with Crippen LogP contribution in [0.2, 0.25) is 0 Å². The Hall–Kier alpha value is -3.56. The average Bonchev–Trinajstić information content (AvgIpc) is 2.97. The number of aliphatic hydroxyl groups excluding tert-OH is 1. The molecule has 0 bridgehead atoms. The van der Waals surface area contributed by atoms with Gasteiger partial charge in [-0.15, -0.1) is 0 Å². The van der Waals surface area contributed by atoms with Crippen molar-refractivity contribution in [3.63, 3.8) is 0 Å². The molecule has 4 atom stereocenters. The number of hydrogen-bond acceptors (Lipinski definition) is 7. The fraction of sp³-hybridized carbons (Fsp3) is 0.548. The molecule has 0 saturated heterocycles. The largest absolute Gasteiger partial charge is 0.490 e. The molecule has 1 heterocycles. The number of likely N-dealkylation sites (N-methyl/N-ethyl adjacent to an activating group) is 1. The van der Waals surface area contributed by atoms with Gasteiger partial charge in [0.15, 0.2) is 0 Å². The lowest BCUT2D eigenvalue weighted by atomic mass is 10.0. The highest BCUT2D eigenvalue weighted by molar-refractivity contribution is 7.92. The molecule has 256 valence electrons. The van der Waals surface area contributed by atoms with E-state index in [4.69, 9.17) is 9.47 Å². The molecule has 1 aliphatic rings. The van der Waals surface area contributed by atoms with Gasteiger partial charge in [0.1, 0.15) is 5.75 Å². The molecule has 0 fully saturated rings. The summed E-state index contributed by atoms with van der Waals surface area (Å²) in [7, 11) is -2.10. The molecule has 46 heavy (non-hydrogen) atoms. The van der Waals surface area contributed by atoms with E-state index in [2.05, 4.69) is 10.0 Å². The smallest absolute Gasteiger partial charge is 0.416 e. The third-order valence-electron chi connectivity index (χ3n) is 7.62. The maximum absolute atomic E-state index is 14.1. The molecule has 3 N–H and O–H groups in total. The SMILES string of the molecule is C[C@@H]1CCCCO[C@@H](CN(C)C(=O)Nc2ccc(C(F)(F)F)cc2)[C@@H](C)CN([C@H](C)CO)C(=O)c2cc(NS(C)(=O)=O)ccc2O1. The van der Waals surface area contributed by atoms with Gasteiger partial charge in [0.25, 0.3) is 5.91 Å². The summed E-state index contributed by atoms with van der Waals surface area (Å²) in [5.74, 6) is -0.566. The van der Waals surface area contributed by atoms with Crippen LogP contribution in [0, 0.1) is 5.92 Å². The topological polar surface area (TPSA) is 138 Å². The first-order chi connectivity index (χ1) is 21.5. The Labute approximate surface area is 268 Å². The van der Waals surface area contributed by atoms with Crippen molar-refractivity contribution in [1.82, 2.24) is 9.80 Å². The van der Waals surface area contributed by atoms with Crippen LogP contribution in [0.1, 0.15) is 56.0 Å². The minimum absolute atomic E-state index is 0.0989. The zero-order chi connectivity index (χ0) is 34.2. The highest BCUT2D eigenvalue weighted by Gasteiger charge is 2.32. The van der Waals surface area contributed by atoms with Crippen LogP contribution in [0.25, 0.3) is 0 Å². The molecular formula is C31H43F3N4O7S. The van der Waals surface area contributed by atoms with Crippen molar-refractivity contribution in [3.8, 4) is 5.75 Å². The van der Waals surface area contributed by atoms with Crippen LogP contribution < -0.4 is 14.8 Å². The summed E-state index contributed by atoms with van der Waals surface area (Å²) in [6.45, 7) is 5.62. The first kappa shape index (κ1) is 36.9. The zero-order valence-corrected chi connectivity index (χ0v) is 27.5. The number of hydrogen-bond donors (Lipinski definition) is 3. The quantitative estimate of drug-likeness (QED) is 0.375. The summed E-state index contributed by atoms with van der Waals surface area (Å²) < 4.78 is 77.3. The highest BCUT2D eigenvalue weighted by Crippen LogP contribution is 2.31. The molecule has 11 nitrogen and oxygen atoms in total. The van der Waals surface area contributed by atoms with Gasteiger partial charge in [-0.1, -0.05) is 6.92 Å². The second-order valence-electron chi connectivity index (χ2n) is 11.8. The molecule has 15 heteroatoms. The number of benzene rings is 2. The van der Waals surface area contributed by atoms with Gasteiger partial charge >= 0.3 is 12.2 Å². The Bertz CT molecular complexity index is 1440. The number of aliphatic hydroxyl groups is 1. The molecule has 0 radical (unpaired) electrons. The molecule has 0 aromatic heterocycles. The normalized spacial score (nSPS) is 20.9. The third kappa shape index (κ3) is 10.8. The van der Waals surface area contributed by atoms with E-state index in [0.29, 0.717) is 19.4 Å². The number of carbonyl (C=O) groups is 2. The van der Waals surface area contributed by atoms with Gasteiger partial charge in [0, 0.05) is 44.0 Å². The van der Waals surface area contributed by atoms with Crippen LogP contribution in [-0.4, -0.2) is 93.1 Å². The lowest BCUT2D eigenvalue weighted by Gasteiger charge is -2.35. The van der Waals surface area contributed by atoms with E-state index in [1.54, 1.807) is 13.0 Å². The van der Waals surface area contributed by atoms with Crippen LogP contribution in [-0.2, 0) is 20.9 Å². The van der Waals surface area contributed by atoms with E-state index < -0.39 is 45.8 Å². The van der Waals surface area contributed by atoms with E-state index in [-0.39, 0.29) is 54.4 Å². The Kier molecular flexibility index (Phi) is 12.7. The van der Waals surface area contributed by atoms with Gasteiger partial charge in [-0.25, -0.2) is 13.2 Å². The fourth-order valence-electron chi connectivity index (χ4n) is 4.98. The number of carbonyl (C=O) groups excluding carboxylic acids is 2. The molecule has 1 aliphatic heterocycles. The van der Waals surface area contributed by atoms with Crippen LogP contribution in [0.4, 0.5) is 29.3 Å². The van der Waals surface area contributed by atoms with Crippen molar-refractivity contribution in [2.75, 3.05) is 49.6 Å². The molecule has 0 saturated carbocycles. The van der Waals surface area contributed by atoms with Crippen molar-refractivity contribution < 1.29 is 45.8 Å². The number of anilines is 2. The number of sulfonamides is 1. The van der Waals surface area contributed by atoms with Crippen molar-refractivity contribution in [2.24, 2.45) is 5.92 Å². The number of ether oxygens (including phenoxy) is 2. The summed E-state index contributed by atoms with van der Waals surface area (Å²) in [5.41, 5.74) is -0.337. The Morgan fingerprint density at radius 2 is 1.78 bits per heavy atom. The number of halogens is 3. The van der Waals surface area contributed by atoms with Crippen molar-refractivity contribution in [2.45, 2.75) is 64.5 Å².